The maximum atomic E-state index is 12.1. The van der Waals surface area contributed by atoms with Crippen molar-refractivity contribution >= 4 is 34.2 Å². The average Bonchev–Trinajstić information content (AvgIpc) is 3.11. The van der Waals surface area contributed by atoms with E-state index in [0.29, 0.717) is 11.6 Å². The molecule has 2 aromatic carbocycles. The van der Waals surface area contributed by atoms with Crippen LogP contribution in [-0.2, 0) is 11.2 Å². The van der Waals surface area contributed by atoms with E-state index in [1.54, 1.807) is 0 Å². The van der Waals surface area contributed by atoms with Gasteiger partial charge < -0.3 is 5.32 Å². The molecule has 0 aliphatic rings. The van der Waals surface area contributed by atoms with Crippen molar-refractivity contribution in [2.24, 2.45) is 0 Å². The fourth-order valence-corrected chi connectivity index (χ4v) is 3.87. The van der Waals surface area contributed by atoms with Gasteiger partial charge in [0.1, 0.15) is 5.82 Å². The molecule has 0 aliphatic heterocycles. The van der Waals surface area contributed by atoms with Crippen LogP contribution < -0.4 is 5.32 Å². The van der Waals surface area contributed by atoms with Gasteiger partial charge in [0.05, 0.1) is 11.3 Å². The van der Waals surface area contributed by atoms with Crippen LogP contribution in [-0.4, -0.2) is 37.3 Å². The van der Waals surface area contributed by atoms with Crippen LogP contribution in [0.1, 0.15) is 25.2 Å². The highest BCUT2D eigenvalue weighted by Crippen LogP contribution is 2.25. The van der Waals surface area contributed by atoms with Gasteiger partial charge in [-0.15, -0.1) is 10.2 Å². The molecule has 0 fully saturated rings. The first-order valence-electron chi connectivity index (χ1n) is 9.20. The SMILES string of the molecule is CC(C)NC(=O)CSc1nnc2c3ccccc3nc(Cc3ccccc3)n12. The molecule has 4 rings (SSSR count). The predicted octanol–water partition coefficient (Wildman–Crippen LogP) is 3.49. The lowest BCUT2D eigenvalue weighted by Gasteiger charge is -2.10. The van der Waals surface area contributed by atoms with Crippen molar-refractivity contribution in [2.45, 2.75) is 31.5 Å². The summed E-state index contributed by atoms with van der Waals surface area (Å²) in [6.45, 7) is 3.89. The van der Waals surface area contributed by atoms with Gasteiger partial charge in [-0.1, -0.05) is 54.2 Å². The third-order valence-corrected chi connectivity index (χ3v) is 5.20. The Morgan fingerprint density at radius 3 is 2.61 bits per heavy atom. The summed E-state index contributed by atoms with van der Waals surface area (Å²) >= 11 is 1.38. The monoisotopic (exact) mass is 391 g/mol. The largest absolute Gasteiger partial charge is 0.353 e. The lowest BCUT2D eigenvalue weighted by molar-refractivity contribution is -0.119. The van der Waals surface area contributed by atoms with E-state index < -0.39 is 0 Å². The zero-order valence-corrected chi connectivity index (χ0v) is 16.6. The molecule has 0 saturated heterocycles. The zero-order chi connectivity index (χ0) is 19.5. The first-order chi connectivity index (χ1) is 13.6. The Hall–Kier alpha value is -2.93. The van der Waals surface area contributed by atoms with Crippen molar-refractivity contribution in [3.05, 3.63) is 66.0 Å². The van der Waals surface area contributed by atoms with Gasteiger partial charge in [0.2, 0.25) is 5.91 Å². The van der Waals surface area contributed by atoms with Gasteiger partial charge in [0.25, 0.3) is 0 Å². The standard InChI is InChI=1S/C21H21N5OS/c1-14(2)22-19(27)13-28-21-25-24-20-16-10-6-7-11-17(16)23-18(26(20)21)12-15-8-4-3-5-9-15/h3-11,14H,12-13H2,1-2H3,(H,22,27). The van der Waals surface area contributed by atoms with Crippen LogP contribution in [0.15, 0.2) is 59.8 Å². The highest BCUT2D eigenvalue weighted by Gasteiger charge is 2.17. The van der Waals surface area contributed by atoms with Gasteiger partial charge in [-0.2, -0.15) is 0 Å². The number of thioether (sulfide) groups is 1. The zero-order valence-electron chi connectivity index (χ0n) is 15.8. The summed E-state index contributed by atoms with van der Waals surface area (Å²) in [6.07, 6.45) is 0.659. The minimum atomic E-state index is -0.0184. The number of hydrogen-bond donors (Lipinski definition) is 1. The molecule has 0 bridgehead atoms. The quantitative estimate of drug-likeness (QED) is 0.510. The molecule has 0 saturated carbocycles. The highest BCUT2D eigenvalue weighted by atomic mass is 32.2. The molecule has 0 aliphatic carbocycles. The van der Waals surface area contributed by atoms with E-state index in [2.05, 4.69) is 27.6 Å². The molecule has 28 heavy (non-hydrogen) atoms. The van der Waals surface area contributed by atoms with Gasteiger partial charge in [-0.05, 0) is 31.5 Å². The van der Waals surface area contributed by atoms with Crippen LogP contribution in [0.2, 0.25) is 0 Å². The number of nitrogens with zero attached hydrogens (tertiary/aromatic N) is 4. The molecule has 142 valence electrons. The molecule has 2 aromatic heterocycles. The number of fused-ring (bicyclic) bond motifs is 3. The maximum Gasteiger partial charge on any atom is 0.230 e. The molecule has 1 amide bonds. The van der Waals surface area contributed by atoms with Crippen LogP contribution >= 0.6 is 11.8 Å². The maximum absolute atomic E-state index is 12.1. The number of amides is 1. The number of rotatable bonds is 6. The smallest absolute Gasteiger partial charge is 0.230 e. The number of para-hydroxylation sites is 1. The lowest BCUT2D eigenvalue weighted by Crippen LogP contribution is -2.31. The summed E-state index contributed by atoms with van der Waals surface area (Å²) in [4.78, 5) is 16.9. The van der Waals surface area contributed by atoms with Crippen molar-refractivity contribution in [2.75, 3.05) is 5.75 Å². The van der Waals surface area contributed by atoms with E-state index in [9.17, 15) is 4.79 Å². The Labute approximate surface area is 167 Å². The molecule has 7 heteroatoms. The van der Waals surface area contributed by atoms with Crippen LogP contribution in [0.3, 0.4) is 0 Å². The van der Waals surface area contributed by atoms with Crippen LogP contribution in [0.4, 0.5) is 0 Å². The minimum Gasteiger partial charge on any atom is -0.353 e. The van der Waals surface area contributed by atoms with Crippen LogP contribution in [0, 0.1) is 0 Å². The minimum absolute atomic E-state index is 0.0184. The summed E-state index contributed by atoms with van der Waals surface area (Å²) in [5.74, 6) is 1.13. The van der Waals surface area contributed by atoms with Gasteiger partial charge in [0.15, 0.2) is 10.8 Å². The van der Waals surface area contributed by atoms with Crippen molar-refractivity contribution in [1.82, 2.24) is 24.9 Å². The van der Waals surface area contributed by atoms with Gasteiger partial charge >= 0.3 is 0 Å². The van der Waals surface area contributed by atoms with E-state index in [1.165, 1.54) is 11.8 Å². The number of hydrogen-bond acceptors (Lipinski definition) is 5. The Balaban J connectivity index is 1.76. The number of carbonyl (C=O) groups excluding carboxylic acids is 1. The van der Waals surface area contributed by atoms with Crippen molar-refractivity contribution in [1.29, 1.82) is 0 Å². The predicted molar refractivity (Wildman–Crippen MR) is 112 cm³/mol. The molecular formula is C21H21N5OS. The van der Waals surface area contributed by atoms with E-state index in [4.69, 9.17) is 4.98 Å². The van der Waals surface area contributed by atoms with E-state index >= 15 is 0 Å². The summed E-state index contributed by atoms with van der Waals surface area (Å²) < 4.78 is 1.97. The Morgan fingerprint density at radius 1 is 1.07 bits per heavy atom. The van der Waals surface area contributed by atoms with Gasteiger partial charge in [-0.3, -0.25) is 9.20 Å². The Morgan fingerprint density at radius 2 is 1.82 bits per heavy atom. The van der Waals surface area contributed by atoms with Crippen molar-refractivity contribution in [3.63, 3.8) is 0 Å². The van der Waals surface area contributed by atoms with Gasteiger partial charge in [-0.25, -0.2) is 4.98 Å². The number of benzene rings is 2. The summed E-state index contributed by atoms with van der Waals surface area (Å²) in [6, 6.07) is 18.2. The molecule has 0 radical (unpaired) electrons. The first kappa shape index (κ1) is 18.4. The Kier molecular flexibility index (Phi) is 5.25. The van der Waals surface area contributed by atoms with E-state index in [0.717, 1.165) is 27.9 Å². The number of aromatic nitrogens is 4. The molecule has 2 heterocycles. The molecular weight excluding hydrogens is 370 g/mol. The summed E-state index contributed by atoms with van der Waals surface area (Å²) in [7, 11) is 0. The fourth-order valence-electron chi connectivity index (χ4n) is 3.11. The van der Waals surface area contributed by atoms with Crippen LogP contribution in [0.25, 0.3) is 16.6 Å². The fraction of sp³-hybridized carbons (Fsp3) is 0.238. The second-order valence-corrected chi connectivity index (χ2v) is 7.80. The highest BCUT2D eigenvalue weighted by molar-refractivity contribution is 7.99. The van der Waals surface area contributed by atoms with Crippen LogP contribution in [0.5, 0.6) is 0 Å². The molecule has 0 spiro atoms. The van der Waals surface area contributed by atoms with E-state index in [1.807, 2.05) is 60.7 Å². The number of carbonyl (C=O) groups is 1. The topological polar surface area (TPSA) is 72.2 Å². The normalized spacial score (nSPS) is 11.4. The van der Waals surface area contributed by atoms with Crippen molar-refractivity contribution in [3.8, 4) is 0 Å². The third-order valence-electron chi connectivity index (χ3n) is 4.27. The van der Waals surface area contributed by atoms with Crippen molar-refractivity contribution < 1.29 is 4.79 Å². The molecule has 0 atom stereocenters. The molecule has 1 N–H and O–H groups in total. The second kappa shape index (κ2) is 7.98. The lowest BCUT2D eigenvalue weighted by atomic mass is 10.1. The summed E-state index contributed by atoms with van der Waals surface area (Å²) in [5, 5.41) is 13.3. The second-order valence-electron chi connectivity index (χ2n) is 6.86. The average molecular weight is 392 g/mol. The van der Waals surface area contributed by atoms with Gasteiger partial charge in [0, 0.05) is 17.8 Å². The number of nitrogens with one attached hydrogen (secondary N) is 1. The third kappa shape index (κ3) is 3.84. The molecule has 4 aromatic rings. The molecule has 6 nitrogen and oxygen atoms in total. The Bertz CT molecular complexity index is 1120. The van der Waals surface area contributed by atoms with E-state index in [-0.39, 0.29) is 17.7 Å². The summed E-state index contributed by atoms with van der Waals surface area (Å²) in [5.41, 5.74) is 2.82. The molecule has 0 unspecified atom stereocenters. The first-order valence-corrected chi connectivity index (χ1v) is 10.2.